The summed E-state index contributed by atoms with van der Waals surface area (Å²) in [5.41, 5.74) is -2.53. The van der Waals surface area contributed by atoms with Crippen LogP contribution in [0.25, 0.3) is 10.8 Å². The van der Waals surface area contributed by atoms with Gasteiger partial charge in [0.1, 0.15) is 41.2 Å². The van der Waals surface area contributed by atoms with Crippen molar-refractivity contribution in [1.29, 1.82) is 0 Å². The second kappa shape index (κ2) is 12.2. The van der Waals surface area contributed by atoms with Crippen molar-refractivity contribution in [2.45, 2.75) is 82.6 Å². The number of ketones is 1. The summed E-state index contributed by atoms with van der Waals surface area (Å²) in [5.74, 6) is -2.19. The van der Waals surface area contributed by atoms with Gasteiger partial charge in [0.05, 0.1) is 23.1 Å². The zero-order valence-corrected chi connectivity index (χ0v) is 24.2. The third kappa shape index (κ3) is 5.56. The molecule has 5 rings (SSSR count). The fourth-order valence-corrected chi connectivity index (χ4v) is 7.41. The van der Waals surface area contributed by atoms with Gasteiger partial charge in [0.2, 0.25) is 6.29 Å². The van der Waals surface area contributed by atoms with Crippen LogP contribution >= 0.6 is 0 Å². The van der Waals surface area contributed by atoms with Crippen LogP contribution in [0.5, 0.6) is 17.2 Å². The maximum atomic E-state index is 12.3. The second-order valence-electron chi connectivity index (χ2n) is 12.2. The highest BCUT2D eigenvalue weighted by Gasteiger charge is 2.55. The quantitative estimate of drug-likeness (QED) is 0.171. The van der Waals surface area contributed by atoms with Crippen molar-refractivity contribution in [2.75, 3.05) is 19.8 Å². The minimum absolute atomic E-state index is 0.0332. The lowest BCUT2D eigenvalue weighted by atomic mass is 9.67. The number of aliphatic hydroxyl groups excluding tert-OH is 3. The molecule has 0 aromatic heterocycles. The predicted octanol–water partition coefficient (Wildman–Crippen LogP) is 2.24. The lowest BCUT2D eigenvalue weighted by Crippen LogP contribution is -2.68. The van der Waals surface area contributed by atoms with E-state index in [9.17, 15) is 45.3 Å². The van der Waals surface area contributed by atoms with E-state index in [1.165, 1.54) is 13.8 Å². The molecular formula is C31H40O12. The molecule has 0 unspecified atom stereocenters. The minimum Gasteiger partial charge on any atom is -0.507 e. The van der Waals surface area contributed by atoms with Gasteiger partial charge in [-0.3, -0.25) is 4.79 Å². The fourth-order valence-electron chi connectivity index (χ4n) is 7.41. The molecule has 2 aromatic carbocycles. The molecule has 12 heteroatoms. The van der Waals surface area contributed by atoms with E-state index in [4.69, 9.17) is 14.2 Å². The van der Waals surface area contributed by atoms with Gasteiger partial charge in [0.15, 0.2) is 5.78 Å². The summed E-state index contributed by atoms with van der Waals surface area (Å²) in [5, 5.41) is 75.3. The molecule has 3 aliphatic rings. The van der Waals surface area contributed by atoms with E-state index in [1.807, 2.05) is 0 Å². The van der Waals surface area contributed by atoms with Crippen LogP contribution in [-0.2, 0) is 9.47 Å². The van der Waals surface area contributed by atoms with E-state index in [-0.39, 0.29) is 45.6 Å². The molecule has 2 saturated heterocycles. The molecule has 3 fully saturated rings. The van der Waals surface area contributed by atoms with Crippen LogP contribution < -0.4 is 4.74 Å². The molecule has 236 valence electrons. The third-order valence-corrected chi connectivity index (χ3v) is 9.74. The number of phenols is 2. The number of ether oxygens (including phenoxy) is 3. The van der Waals surface area contributed by atoms with Crippen molar-refractivity contribution in [2.24, 2.45) is 17.8 Å². The predicted molar refractivity (Wildman–Crippen MR) is 151 cm³/mol. The molecule has 0 radical (unpaired) electrons. The van der Waals surface area contributed by atoms with Gasteiger partial charge >= 0.3 is 5.97 Å². The van der Waals surface area contributed by atoms with Crippen molar-refractivity contribution in [3.8, 4) is 17.2 Å². The molecule has 8 atom stereocenters. The molecule has 0 bridgehead atoms. The maximum absolute atomic E-state index is 12.3. The van der Waals surface area contributed by atoms with E-state index in [0.29, 0.717) is 31.5 Å². The highest BCUT2D eigenvalue weighted by Crippen LogP contribution is 2.47. The summed E-state index contributed by atoms with van der Waals surface area (Å²) in [4.78, 5) is 24.2. The summed E-state index contributed by atoms with van der Waals surface area (Å²) < 4.78 is 17.3. The Kier molecular flexibility index (Phi) is 8.90. The van der Waals surface area contributed by atoms with Crippen molar-refractivity contribution >= 4 is 22.5 Å². The summed E-state index contributed by atoms with van der Waals surface area (Å²) in [7, 11) is 0. The second-order valence-corrected chi connectivity index (χ2v) is 12.2. The highest BCUT2D eigenvalue weighted by molar-refractivity contribution is 6.11. The average molecular weight is 605 g/mol. The molecule has 2 aromatic rings. The lowest BCUT2D eigenvalue weighted by Gasteiger charge is -2.49. The largest absolute Gasteiger partial charge is 0.507 e. The average Bonchev–Trinajstić information content (AvgIpc) is 2.98. The Morgan fingerprint density at radius 3 is 2.53 bits per heavy atom. The Morgan fingerprint density at radius 2 is 1.86 bits per heavy atom. The number of rotatable bonds is 8. The van der Waals surface area contributed by atoms with Crippen molar-refractivity contribution in [1.82, 2.24) is 0 Å². The Balaban J connectivity index is 1.44. The summed E-state index contributed by atoms with van der Waals surface area (Å²) in [6, 6.07) is 2.13. The monoisotopic (exact) mass is 604 g/mol. The normalized spacial score (nSPS) is 32.7. The molecular weight excluding hydrogens is 564 g/mol. The number of aromatic carboxylic acids is 1. The van der Waals surface area contributed by atoms with Crippen LogP contribution in [0.2, 0.25) is 0 Å². The number of carbonyl (C=O) groups excluding carboxylic acids is 1. The number of carboxylic acids is 1. The molecule has 2 heterocycles. The van der Waals surface area contributed by atoms with Gasteiger partial charge in [0.25, 0.3) is 0 Å². The zero-order valence-electron chi connectivity index (χ0n) is 24.2. The van der Waals surface area contributed by atoms with Gasteiger partial charge < -0.3 is 50.0 Å². The molecule has 0 spiro atoms. The molecule has 12 nitrogen and oxygen atoms in total. The first-order chi connectivity index (χ1) is 20.4. The Hall–Kier alpha value is -3.00. The highest BCUT2D eigenvalue weighted by atomic mass is 16.7. The molecule has 2 aliphatic heterocycles. The number of hydrogen-bond acceptors (Lipinski definition) is 11. The van der Waals surface area contributed by atoms with E-state index in [0.717, 1.165) is 37.8 Å². The lowest BCUT2D eigenvalue weighted by molar-refractivity contribution is -0.315. The number of aromatic hydroxyl groups is 2. The van der Waals surface area contributed by atoms with E-state index >= 15 is 0 Å². The Bertz CT molecular complexity index is 1390. The van der Waals surface area contributed by atoms with Crippen LogP contribution in [0.4, 0.5) is 0 Å². The Labute approximate surface area is 248 Å². The van der Waals surface area contributed by atoms with Crippen LogP contribution in [0.15, 0.2) is 12.1 Å². The topological polar surface area (TPSA) is 203 Å². The van der Waals surface area contributed by atoms with Gasteiger partial charge in [-0.05, 0) is 69.4 Å². The first-order valence-corrected chi connectivity index (χ1v) is 14.7. The van der Waals surface area contributed by atoms with Gasteiger partial charge in [-0.25, -0.2) is 4.79 Å². The number of phenolic OH excluding ortho intramolecular Hbond substituents is 2. The minimum atomic E-state index is -2.02. The number of Topliss-reactive ketones (excluding diaryl/α,β-unsaturated/α-hetero) is 1. The number of fused-ring (bicyclic) bond motifs is 2. The summed E-state index contributed by atoms with van der Waals surface area (Å²) in [6.07, 6.45) is -2.17. The van der Waals surface area contributed by atoms with Crippen molar-refractivity contribution in [3.05, 3.63) is 28.8 Å². The molecule has 1 saturated carbocycles. The van der Waals surface area contributed by atoms with Gasteiger partial charge in [-0.15, -0.1) is 0 Å². The third-order valence-electron chi connectivity index (χ3n) is 9.74. The maximum Gasteiger partial charge on any atom is 0.335 e. The van der Waals surface area contributed by atoms with Crippen LogP contribution in [0.1, 0.15) is 71.7 Å². The molecule has 7 N–H and O–H groups in total. The number of benzene rings is 2. The Morgan fingerprint density at radius 1 is 1.12 bits per heavy atom. The van der Waals surface area contributed by atoms with E-state index in [1.54, 1.807) is 0 Å². The first kappa shape index (κ1) is 31.4. The number of carbonyl (C=O) groups is 2. The number of aliphatic hydroxyl groups is 4. The van der Waals surface area contributed by atoms with Crippen LogP contribution in [-0.4, -0.2) is 97.5 Å². The van der Waals surface area contributed by atoms with Crippen molar-refractivity contribution < 1.29 is 59.5 Å². The molecule has 0 amide bonds. The molecule has 43 heavy (non-hydrogen) atoms. The fraction of sp³-hybridized carbons (Fsp3) is 0.613. The smallest absolute Gasteiger partial charge is 0.335 e. The van der Waals surface area contributed by atoms with E-state index < -0.39 is 60.1 Å². The van der Waals surface area contributed by atoms with Gasteiger partial charge in [-0.2, -0.15) is 0 Å². The zero-order chi connectivity index (χ0) is 31.2. The van der Waals surface area contributed by atoms with Crippen molar-refractivity contribution in [3.63, 3.8) is 0 Å². The first-order valence-electron chi connectivity index (χ1n) is 14.7. The molecule has 1 aliphatic carbocycles. The summed E-state index contributed by atoms with van der Waals surface area (Å²) >= 11 is 0. The van der Waals surface area contributed by atoms with Crippen LogP contribution in [0, 0.1) is 24.7 Å². The van der Waals surface area contributed by atoms with Crippen LogP contribution in [0.3, 0.4) is 0 Å². The summed E-state index contributed by atoms with van der Waals surface area (Å²) in [6.45, 7) is 3.26. The number of hydrogen-bond donors (Lipinski definition) is 7. The van der Waals surface area contributed by atoms with Gasteiger partial charge in [-0.1, -0.05) is 12.8 Å². The SMILES string of the molecule is CC(=O)c1c(C)c(O)c2cc(C(=O)O)cc(O[C@@H]3O[C@H](CO)[C@](O)(CC[C@@H]4CCC[C@@H]5COCC[C@H]45)[C@H](O)[C@H]3O)c2c1O. The van der Waals surface area contributed by atoms with E-state index in [2.05, 4.69) is 0 Å². The standard InChI is InChI=1S/C31H40O12/c1-14-23(15(2)33)26(35)24-20(25(14)34)10-18(29(38)39)11-21(24)42-30-27(36)28(37)31(40,22(12-32)43-30)8-6-16-4-3-5-17-13-41-9-7-19(16)17/h10-11,16-17,19,22,27-28,30,32,34-37,40H,3-9,12-13H2,1-2H3,(H,38,39)/t16-,17+,19+,22+,27+,28+,30+,31+/m0/s1. The number of carboxylic acid groups (broad SMARTS) is 1. The van der Waals surface area contributed by atoms with Gasteiger partial charge in [0, 0.05) is 24.2 Å².